The normalized spacial score (nSPS) is 10.2. The fourth-order valence-corrected chi connectivity index (χ4v) is 1.63. The van der Waals surface area contributed by atoms with Gasteiger partial charge < -0.3 is 15.7 Å². The van der Waals surface area contributed by atoms with E-state index in [0.29, 0.717) is 17.9 Å². The first-order valence-electron chi connectivity index (χ1n) is 5.81. The van der Waals surface area contributed by atoms with Crippen LogP contribution in [0.1, 0.15) is 30.1 Å². The molecule has 94 valence electrons. The lowest BCUT2D eigenvalue weighted by Gasteiger charge is -2.24. The minimum atomic E-state index is -0.493. The van der Waals surface area contributed by atoms with Crippen molar-refractivity contribution < 1.29 is 9.90 Å². The summed E-state index contributed by atoms with van der Waals surface area (Å²) in [4.78, 5) is 17.4. The van der Waals surface area contributed by atoms with Gasteiger partial charge in [0, 0.05) is 19.3 Å². The number of aliphatic hydroxyl groups excluding tert-OH is 1. The van der Waals surface area contributed by atoms with E-state index in [2.05, 4.69) is 11.9 Å². The van der Waals surface area contributed by atoms with Crippen LogP contribution in [0.3, 0.4) is 0 Å². The van der Waals surface area contributed by atoms with Crippen molar-refractivity contribution in [2.75, 3.05) is 24.6 Å². The SMILES string of the molecule is CCCCN(CCO)c1ncccc1C(N)=O. The number of primary amides is 1. The predicted octanol–water partition coefficient (Wildman–Crippen LogP) is 0.779. The van der Waals surface area contributed by atoms with Gasteiger partial charge in [0.05, 0.1) is 12.2 Å². The fourth-order valence-electron chi connectivity index (χ4n) is 1.63. The Morgan fingerprint density at radius 3 is 2.88 bits per heavy atom. The number of pyridine rings is 1. The molecule has 0 unspecified atom stereocenters. The van der Waals surface area contributed by atoms with Crippen LogP contribution in [0.25, 0.3) is 0 Å². The van der Waals surface area contributed by atoms with E-state index in [9.17, 15) is 4.79 Å². The number of aromatic nitrogens is 1. The molecule has 1 aromatic rings. The van der Waals surface area contributed by atoms with Crippen molar-refractivity contribution in [3.05, 3.63) is 23.9 Å². The van der Waals surface area contributed by atoms with E-state index in [1.807, 2.05) is 4.90 Å². The van der Waals surface area contributed by atoms with E-state index in [1.165, 1.54) is 0 Å². The molecule has 3 N–H and O–H groups in total. The third-order valence-corrected chi connectivity index (χ3v) is 2.50. The molecule has 17 heavy (non-hydrogen) atoms. The first kappa shape index (κ1) is 13.4. The lowest BCUT2D eigenvalue weighted by atomic mass is 10.2. The van der Waals surface area contributed by atoms with Gasteiger partial charge in [-0.15, -0.1) is 0 Å². The molecule has 5 heteroatoms. The molecule has 0 bridgehead atoms. The monoisotopic (exact) mass is 237 g/mol. The average molecular weight is 237 g/mol. The molecule has 1 rings (SSSR count). The van der Waals surface area contributed by atoms with Gasteiger partial charge in [0.1, 0.15) is 5.82 Å². The second kappa shape index (κ2) is 6.85. The molecule has 5 nitrogen and oxygen atoms in total. The molecular formula is C12H19N3O2. The summed E-state index contributed by atoms with van der Waals surface area (Å²) in [6.45, 7) is 3.33. The van der Waals surface area contributed by atoms with E-state index in [4.69, 9.17) is 10.8 Å². The molecular weight excluding hydrogens is 218 g/mol. The summed E-state index contributed by atoms with van der Waals surface area (Å²) >= 11 is 0. The molecule has 0 aromatic carbocycles. The first-order valence-corrected chi connectivity index (χ1v) is 5.81. The largest absolute Gasteiger partial charge is 0.395 e. The van der Waals surface area contributed by atoms with Crippen molar-refractivity contribution in [1.82, 2.24) is 4.98 Å². The minimum Gasteiger partial charge on any atom is -0.395 e. The molecule has 0 aliphatic rings. The van der Waals surface area contributed by atoms with Crippen molar-refractivity contribution in [2.24, 2.45) is 5.73 Å². The molecule has 1 aromatic heterocycles. The Hall–Kier alpha value is -1.62. The lowest BCUT2D eigenvalue weighted by Crippen LogP contribution is -2.31. The Morgan fingerprint density at radius 2 is 2.29 bits per heavy atom. The summed E-state index contributed by atoms with van der Waals surface area (Å²) in [5.74, 6) is 0.0649. The van der Waals surface area contributed by atoms with Gasteiger partial charge in [0.2, 0.25) is 0 Å². The van der Waals surface area contributed by atoms with Gasteiger partial charge in [-0.05, 0) is 18.6 Å². The molecule has 0 aliphatic heterocycles. The Morgan fingerprint density at radius 1 is 1.53 bits per heavy atom. The Labute approximate surface area is 101 Å². The van der Waals surface area contributed by atoms with Crippen molar-refractivity contribution in [2.45, 2.75) is 19.8 Å². The summed E-state index contributed by atoms with van der Waals surface area (Å²) in [5.41, 5.74) is 5.71. The second-order valence-electron chi connectivity index (χ2n) is 3.80. The lowest BCUT2D eigenvalue weighted by molar-refractivity contribution is 0.100. The van der Waals surface area contributed by atoms with Gasteiger partial charge in [0.25, 0.3) is 5.91 Å². The van der Waals surface area contributed by atoms with E-state index in [1.54, 1.807) is 18.3 Å². The van der Waals surface area contributed by atoms with Gasteiger partial charge in [-0.3, -0.25) is 4.79 Å². The quantitative estimate of drug-likeness (QED) is 0.734. The molecule has 0 spiro atoms. The predicted molar refractivity (Wildman–Crippen MR) is 67.0 cm³/mol. The van der Waals surface area contributed by atoms with Gasteiger partial charge >= 0.3 is 0 Å². The highest BCUT2D eigenvalue weighted by Crippen LogP contribution is 2.16. The van der Waals surface area contributed by atoms with Gasteiger partial charge in [-0.1, -0.05) is 13.3 Å². The topological polar surface area (TPSA) is 79.4 Å². The number of carbonyl (C=O) groups is 1. The van der Waals surface area contributed by atoms with E-state index >= 15 is 0 Å². The number of anilines is 1. The smallest absolute Gasteiger partial charge is 0.252 e. The zero-order chi connectivity index (χ0) is 12.7. The van der Waals surface area contributed by atoms with E-state index in [0.717, 1.165) is 19.4 Å². The van der Waals surface area contributed by atoms with Gasteiger partial charge in [-0.25, -0.2) is 4.98 Å². The first-order chi connectivity index (χ1) is 8.20. The van der Waals surface area contributed by atoms with E-state index in [-0.39, 0.29) is 6.61 Å². The molecule has 0 atom stereocenters. The van der Waals surface area contributed by atoms with Crippen LogP contribution >= 0.6 is 0 Å². The number of carbonyl (C=O) groups excluding carboxylic acids is 1. The number of nitrogens with two attached hydrogens (primary N) is 1. The maximum atomic E-state index is 11.3. The third-order valence-electron chi connectivity index (χ3n) is 2.50. The van der Waals surface area contributed by atoms with Crippen LogP contribution < -0.4 is 10.6 Å². The van der Waals surface area contributed by atoms with Crippen molar-refractivity contribution >= 4 is 11.7 Å². The second-order valence-corrected chi connectivity index (χ2v) is 3.80. The molecule has 0 saturated carbocycles. The Balaban J connectivity index is 2.95. The number of unbranched alkanes of at least 4 members (excludes halogenated alkanes) is 1. The van der Waals surface area contributed by atoms with Crippen LogP contribution in [0, 0.1) is 0 Å². The highest BCUT2D eigenvalue weighted by Gasteiger charge is 2.14. The third kappa shape index (κ3) is 3.71. The fraction of sp³-hybridized carbons (Fsp3) is 0.500. The van der Waals surface area contributed by atoms with Crippen LogP contribution in [0.4, 0.5) is 5.82 Å². The van der Waals surface area contributed by atoms with Crippen LogP contribution in [-0.2, 0) is 0 Å². The maximum absolute atomic E-state index is 11.3. The zero-order valence-corrected chi connectivity index (χ0v) is 10.1. The number of amides is 1. The molecule has 1 heterocycles. The van der Waals surface area contributed by atoms with Crippen molar-refractivity contribution in [3.8, 4) is 0 Å². The average Bonchev–Trinajstić information content (AvgIpc) is 2.34. The van der Waals surface area contributed by atoms with E-state index < -0.39 is 5.91 Å². The van der Waals surface area contributed by atoms with Crippen molar-refractivity contribution in [1.29, 1.82) is 0 Å². The number of nitrogens with zero attached hydrogens (tertiary/aromatic N) is 2. The summed E-state index contributed by atoms with van der Waals surface area (Å²) in [7, 11) is 0. The highest BCUT2D eigenvalue weighted by atomic mass is 16.3. The number of aliphatic hydroxyl groups is 1. The molecule has 0 radical (unpaired) electrons. The standard InChI is InChI=1S/C12H19N3O2/c1-2-3-7-15(8-9-16)12-10(11(13)17)5-4-6-14-12/h4-6,16H,2-3,7-9H2,1H3,(H2,13,17). The van der Waals surface area contributed by atoms with Crippen LogP contribution in [0.5, 0.6) is 0 Å². The molecule has 1 amide bonds. The van der Waals surface area contributed by atoms with Crippen LogP contribution in [0.2, 0.25) is 0 Å². The molecule has 0 fully saturated rings. The summed E-state index contributed by atoms with van der Waals surface area (Å²) < 4.78 is 0. The summed E-state index contributed by atoms with van der Waals surface area (Å²) in [5, 5.41) is 9.04. The van der Waals surface area contributed by atoms with Gasteiger partial charge in [-0.2, -0.15) is 0 Å². The van der Waals surface area contributed by atoms with Crippen LogP contribution in [-0.4, -0.2) is 35.7 Å². The maximum Gasteiger partial charge on any atom is 0.252 e. The minimum absolute atomic E-state index is 0.0263. The number of rotatable bonds is 7. The zero-order valence-electron chi connectivity index (χ0n) is 10.1. The summed E-state index contributed by atoms with van der Waals surface area (Å²) in [6, 6.07) is 3.33. The number of hydrogen-bond donors (Lipinski definition) is 2. The molecule has 0 saturated heterocycles. The van der Waals surface area contributed by atoms with Crippen molar-refractivity contribution in [3.63, 3.8) is 0 Å². The highest BCUT2D eigenvalue weighted by molar-refractivity contribution is 5.97. The molecule has 0 aliphatic carbocycles. The number of hydrogen-bond acceptors (Lipinski definition) is 4. The van der Waals surface area contributed by atoms with Gasteiger partial charge in [0.15, 0.2) is 0 Å². The Bertz CT molecular complexity index is 369. The van der Waals surface area contributed by atoms with Crippen LogP contribution in [0.15, 0.2) is 18.3 Å². The Kier molecular flexibility index (Phi) is 5.42. The summed E-state index contributed by atoms with van der Waals surface area (Å²) in [6.07, 6.45) is 3.65.